The van der Waals surface area contributed by atoms with E-state index in [0.717, 1.165) is 60.9 Å². The van der Waals surface area contributed by atoms with E-state index in [2.05, 4.69) is 143 Å². The lowest BCUT2D eigenvalue weighted by Crippen LogP contribution is -1.97. The molecular weight excluding hydrogens is 611 g/mol. The van der Waals surface area contributed by atoms with Gasteiger partial charge in [-0.15, -0.1) is 0 Å². The summed E-state index contributed by atoms with van der Waals surface area (Å²) in [7, 11) is 0. The molecule has 0 saturated carbocycles. The first-order chi connectivity index (χ1) is 24.7. The molecule has 10 rings (SSSR count). The fourth-order valence-corrected chi connectivity index (χ4v) is 7.48. The number of fused-ring (bicyclic) bond motifs is 7. The molecule has 0 unspecified atom stereocenters. The molecule has 0 aliphatic carbocycles. The summed E-state index contributed by atoms with van der Waals surface area (Å²) in [5, 5.41) is 15.3. The van der Waals surface area contributed by atoms with Gasteiger partial charge in [-0.05, 0) is 84.9 Å². The average molecular weight is 638 g/mol. The molecule has 0 fully saturated rings. The molecule has 0 radical (unpaired) electrons. The minimum Gasteiger partial charge on any atom is -0.309 e. The van der Waals surface area contributed by atoms with Crippen LogP contribution in [0, 0.1) is 11.3 Å². The van der Waals surface area contributed by atoms with Crippen LogP contribution in [-0.4, -0.2) is 19.1 Å². The number of rotatable bonds is 4. The highest BCUT2D eigenvalue weighted by atomic mass is 15.0. The molecule has 50 heavy (non-hydrogen) atoms. The molecule has 0 N–H and O–H groups in total. The Kier molecular flexibility index (Phi) is 6.17. The normalized spacial score (nSPS) is 11.6. The molecule has 232 valence electrons. The van der Waals surface area contributed by atoms with Crippen molar-refractivity contribution in [3.8, 4) is 40.1 Å². The van der Waals surface area contributed by atoms with Crippen molar-refractivity contribution < 1.29 is 0 Å². The highest BCUT2D eigenvalue weighted by Gasteiger charge is 2.17. The van der Waals surface area contributed by atoms with Crippen LogP contribution >= 0.6 is 0 Å². The van der Waals surface area contributed by atoms with Crippen LogP contribution in [0.2, 0.25) is 0 Å². The van der Waals surface area contributed by atoms with E-state index in [0.29, 0.717) is 11.4 Å². The quantitative estimate of drug-likeness (QED) is 0.193. The number of benzene rings is 7. The van der Waals surface area contributed by atoms with Gasteiger partial charge < -0.3 is 9.13 Å². The summed E-state index contributed by atoms with van der Waals surface area (Å²) in [5.74, 6) is 0.672. The van der Waals surface area contributed by atoms with Gasteiger partial charge in [0.15, 0.2) is 5.82 Å². The standard InChI is InChI=1S/C45H27N5/c46-28-29-18-24-42-37(26-29)38-27-31(21-25-43(38)49(42)32-10-2-1-3-11-32)44-36-14-4-7-15-39(36)47-45(48-44)30-19-22-33(23-20-30)50-40-16-8-5-12-34(40)35-13-6-9-17-41(35)50/h1-27H. The van der Waals surface area contributed by atoms with Crippen LogP contribution in [0.5, 0.6) is 0 Å². The van der Waals surface area contributed by atoms with Gasteiger partial charge in [0.1, 0.15) is 0 Å². The molecule has 3 aromatic heterocycles. The molecule has 0 atom stereocenters. The molecule has 5 nitrogen and oxygen atoms in total. The molecule has 0 amide bonds. The summed E-state index contributed by atoms with van der Waals surface area (Å²) in [6.07, 6.45) is 0. The van der Waals surface area contributed by atoms with Crippen LogP contribution < -0.4 is 0 Å². The second-order valence-electron chi connectivity index (χ2n) is 12.6. The Morgan fingerprint density at radius 1 is 0.420 bits per heavy atom. The molecule has 7 aromatic carbocycles. The van der Waals surface area contributed by atoms with Crippen molar-refractivity contribution in [2.45, 2.75) is 0 Å². The molecular formula is C45H27N5. The first-order valence-electron chi connectivity index (χ1n) is 16.6. The molecule has 0 aliphatic heterocycles. The Labute approximate surface area is 287 Å². The van der Waals surface area contributed by atoms with Crippen LogP contribution in [-0.2, 0) is 0 Å². The van der Waals surface area contributed by atoms with Crippen LogP contribution in [0.1, 0.15) is 5.56 Å². The van der Waals surface area contributed by atoms with Crippen molar-refractivity contribution in [3.63, 3.8) is 0 Å². The first kappa shape index (κ1) is 28.0. The number of hydrogen-bond donors (Lipinski definition) is 0. The molecule has 0 bridgehead atoms. The second-order valence-corrected chi connectivity index (χ2v) is 12.6. The van der Waals surface area contributed by atoms with E-state index in [1.165, 1.54) is 21.8 Å². The predicted molar refractivity (Wildman–Crippen MR) is 204 cm³/mol. The van der Waals surface area contributed by atoms with Gasteiger partial charge >= 0.3 is 0 Å². The van der Waals surface area contributed by atoms with E-state index in [4.69, 9.17) is 9.97 Å². The van der Waals surface area contributed by atoms with E-state index >= 15 is 0 Å². The molecule has 0 saturated heterocycles. The maximum atomic E-state index is 9.77. The third-order valence-electron chi connectivity index (χ3n) is 9.75. The monoisotopic (exact) mass is 637 g/mol. The summed E-state index contributed by atoms with van der Waals surface area (Å²) in [6, 6.07) is 59.0. The Morgan fingerprint density at radius 2 is 0.960 bits per heavy atom. The number of aromatic nitrogens is 4. The van der Waals surface area contributed by atoms with E-state index in [-0.39, 0.29) is 0 Å². The van der Waals surface area contributed by atoms with Gasteiger partial charge in [-0.2, -0.15) is 5.26 Å². The topological polar surface area (TPSA) is 59.4 Å². The lowest BCUT2D eigenvalue weighted by Gasteiger charge is -2.12. The molecule has 10 aromatic rings. The maximum Gasteiger partial charge on any atom is 0.160 e. The highest BCUT2D eigenvalue weighted by molar-refractivity contribution is 6.12. The summed E-state index contributed by atoms with van der Waals surface area (Å²) in [6.45, 7) is 0. The van der Waals surface area contributed by atoms with Gasteiger partial charge in [0.25, 0.3) is 0 Å². The fourth-order valence-electron chi connectivity index (χ4n) is 7.48. The van der Waals surface area contributed by atoms with E-state index in [9.17, 15) is 5.26 Å². The summed E-state index contributed by atoms with van der Waals surface area (Å²) < 4.78 is 4.58. The molecule has 5 heteroatoms. The van der Waals surface area contributed by atoms with E-state index in [1.807, 2.05) is 36.4 Å². The zero-order valence-electron chi connectivity index (χ0n) is 26.8. The van der Waals surface area contributed by atoms with Crippen LogP contribution in [0.15, 0.2) is 164 Å². The molecule has 0 spiro atoms. The molecule has 3 heterocycles. The van der Waals surface area contributed by atoms with Crippen molar-refractivity contribution in [2.75, 3.05) is 0 Å². The number of para-hydroxylation sites is 4. The Morgan fingerprint density at radius 3 is 1.66 bits per heavy atom. The van der Waals surface area contributed by atoms with Gasteiger partial charge in [-0.3, -0.25) is 0 Å². The van der Waals surface area contributed by atoms with Gasteiger partial charge in [0, 0.05) is 49.4 Å². The van der Waals surface area contributed by atoms with Gasteiger partial charge in [0.05, 0.1) is 44.9 Å². The highest BCUT2D eigenvalue weighted by Crippen LogP contribution is 2.38. The zero-order chi connectivity index (χ0) is 33.2. The smallest absolute Gasteiger partial charge is 0.160 e. The average Bonchev–Trinajstić information content (AvgIpc) is 3.70. The van der Waals surface area contributed by atoms with Gasteiger partial charge in [-0.25, -0.2) is 9.97 Å². The second kappa shape index (κ2) is 11.0. The van der Waals surface area contributed by atoms with Crippen molar-refractivity contribution in [2.24, 2.45) is 0 Å². The third-order valence-corrected chi connectivity index (χ3v) is 9.75. The number of nitriles is 1. The van der Waals surface area contributed by atoms with Crippen molar-refractivity contribution in [3.05, 3.63) is 169 Å². The SMILES string of the molecule is N#Cc1ccc2c(c1)c1cc(-c3nc(-c4ccc(-n5c6ccccc6c6ccccc65)cc4)nc4ccccc34)ccc1n2-c1ccccc1. The fraction of sp³-hybridized carbons (Fsp3) is 0. The Balaban J connectivity index is 1.14. The minimum atomic E-state index is 0.633. The number of nitrogens with zero attached hydrogens (tertiary/aromatic N) is 5. The first-order valence-corrected chi connectivity index (χ1v) is 16.6. The lowest BCUT2D eigenvalue weighted by atomic mass is 10.0. The molecule has 0 aliphatic rings. The summed E-state index contributed by atoms with van der Waals surface area (Å²) >= 11 is 0. The number of hydrogen-bond acceptors (Lipinski definition) is 3. The summed E-state index contributed by atoms with van der Waals surface area (Å²) in [5.41, 5.74) is 11.0. The van der Waals surface area contributed by atoms with Crippen molar-refractivity contribution >= 4 is 54.5 Å². The van der Waals surface area contributed by atoms with Crippen LogP contribution in [0.3, 0.4) is 0 Å². The minimum absolute atomic E-state index is 0.633. The third kappa shape index (κ3) is 4.26. The lowest BCUT2D eigenvalue weighted by molar-refractivity contribution is 1.17. The van der Waals surface area contributed by atoms with Crippen molar-refractivity contribution in [1.29, 1.82) is 5.26 Å². The van der Waals surface area contributed by atoms with E-state index < -0.39 is 0 Å². The maximum absolute atomic E-state index is 9.77. The summed E-state index contributed by atoms with van der Waals surface area (Å²) in [4.78, 5) is 10.3. The Hall–Kier alpha value is -7.03. The predicted octanol–water partition coefficient (Wildman–Crippen LogP) is 11.0. The largest absolute Gasteiger partial charge is 0.309 e. The van der Waals surface area contributed by atoms with E-state index in [1.54, 1.807) is 0 Å². The van der Waals surface area contributed by atoms with Crippen molar-refractivity contribution in [1.82, 2.24) is 19.1 Å². The van der Waals surface area contributed by atoms with Crippen LogP contribution in [0.25, 0.3) is 88.5 Å². The van der Waals surface area contributed by atoms with Crippen LogP contribution in [0.4, 0.5) is 0 Å². The Bertz CT molecular complexity index is 2930. The van der Waals surface area contributed by atoms with Gasteiger partial charge in [0.2, 0.25) is 0 Å². The van der Waals surface area contributed by atoms with Gasteiger partial charge in [-0.1, -0.05) is 78.9 Å². The zero-order valence-corrected chi connectivity index (χ0v) is 26.8.